The minimum Gasteiger partial charge on any atom is -0.385 e. The van der Waals surface area contributed by atoms with Crippen LogP contribution in [0.3, 0.4) is 0 Å². The summed E-state index contributed by atoms with van der Waals surface area (Å²) in [6.45, 7) is 5.80. The van der Waals surface area contributed by atoms with Crippen molar-refractivity contribution in [2.24, 2.45) is 0 Å². The molecule has 0 unspecified atom stereocenters. The van der Waals surface area contributed by atoms with E-state index in [1.165, 1.54) is 0 Å². The highest BCUT2D eigenvalue weighted by atomic mass is 32.2. The quantitative estimate of drug-likeness (QED) is 0.451. The van der Waals surface area contributed by atoms with Crippen LogP contribution in [0.4, 0.5) is 5.82 Å². The third-order valence-corrected chi connectivity index (χ3v) is 3.29. The number of hydrogen-bond donors (Lipinski definition) is 1. The Morgan fingerprint density at radius 1 is 1.44 bits per heavy atom. The largest absolute Gasteiger partial charge is 0.385 e. The van der Waals surface area contributed by atoms with E-state index in [0.29, 0.717) is 0 Å². The zero-order valence-electron chi connectivity index (χ0n) is 10.1. The van der Waals surface area contributed by atoms with Gasteiger partial charge in [0.1, 0.15) is 17.2 Å². The van der Waals surface area contributed by atoms with Crippen LogP contribution in [-0.4, -0.2) is 36.0 Å². The molecule has 1 heterocycles. The first-order valence-electron chi connectivity index (χ1n) is 5.46. The van der Waals surface area contributed by atoms with Crippen molar-refractivity contribution in [2.75, 3.05) is 31.3 Å². The Kier molecular flexibility index (Phi) is 6.18. The number of nitrogens with zero attached hydrogens (tertiary/aromatic N) is 2. The topological polar surface area (TPSA) is 47.0 Å². The first-order valence-corrected chi connectivity index (χ1v) is 6.45. The van der Waals surface area contributed by atoms with Gasteiger partial charge in [-0.1, -0.05) is 0 Å². The summed E-state index contributed by atoms with van der Waals surface area (Å²) in [4.78, 5) is 8.50. The van der Waals surface area contributed by atoms with E-state index in [4.69, 9.17) is 4.74 Å². The van der Waals surface area contributed by atoms with Crippen LogP contribution < -0.4 is 5.32 Å². The highest BCUT2D eigenvalue weighted by Gasteiger charge is 2.06. The Morgan fingerprint density at radius 2 is 2.25 bits per heavy atom. The van der Waals surface area contributed by atoms with E-state index in [1.54, 1.807) is 25.2 Å². The molecule has 0 aliphatic heterocycles. The van der Waals surface area contributed by atoms with E-state index in [1.807, 2.05) is 0 Å². The molecule has 0 saturated carbocycles. The van der Waals surface area contributed by atoms with Gasteiger partial charge in [0.15, 0.2) is 0 Å². The summed E-state index contributed by atoms with van der Waals surface area (Å²) in [5, 5.41) is 4.29. The minimum absolute atomic E-state index is 0.803. The first kappa shape index (κ1) is 13.3. The first-order chi connectivity index (χ1) is 7.79. The minimum atomic E-state index is 0.803. The van der Waals surface area contributed by atoms with Crippen LogP contribution in [0.15, 0.2) is 11.4 Å². The van der Waals surface area contributed by atoms with Crippen molar-refractivity contribution >= 4 is 17.6 Å². The van der Waals surface area contributed by atoms with E-state index < -0.39 is 0 Å². The summed E-state index contributed by atoms with van der Waals surface area (Å²) in [5.74, 6) is 1.96. The second-order valence-electron chi connectivity index (χ2n) is 3.38. The van der Waals surface area contributed by atoms with Crippen LogP contribution in [0.1, 0.15) is 18.9 Å². The number of anilines is 1. The lowest BCUT2D eigenvalue weighted by Crippen LogP contribution is -2.03. The van der Waals surface area contributed by atoms with Gasteiger partial charge >= 0.3 is 0 Å². The van der Waals surface area contributed by atoms with Gasteiger partial charge in [0.25, 0.3) is 0 Å². The average molecular weight is 241 g/mol. The summed E-state index contributed by atoms with van der Waals surface area (Å²) in [6, 6.07) is 0. The summed E-state index contributed by atoms with van der Waals surface area (Å²) < 4.78 is 5.01. The van der Waals surface area contributed by atoms with E-state index in [2.05, 4.69) is 29.1 Å². The fourth-order valence-electron chi connectivity index (χ4n) is 1.30. The zero-order valence-corrected chi connectivity index (χ0v) is 10.9. The highest BCUT2D eigenvalue weighted by Crippen LogP contribution is 2.24. The van der Waals surface area contributed by atoms with E-state index in [9.17, 15) is 0 Å². The fourth-order valence-corrected chi connectivity index (χ4v) is 2.19. The van der Waals surface area contributed by atoms with Gasteiger partial charge in [-0.25, -0.2) is 9.97 Å². The van der Waals surface area contributed by atoms with Gasteiger partial charge in [0, 0.05) is 31.6 Å². The molecule has 0 saturated heterocycles. The molecule has 0 aliphatic rings. The highest BCUT2D eigenvalue weighted by molar-refractivity contribution is 7.99. The molecule has 1 aromatic rings. The van der Waals surface area contributed by atoms with Crippen molar-refractivity contribution in [3.63, 3.8) is 0 Å². The summed E-state index contributed by atoms with van der Waals surface area (Å²) in [5.41, 5.74) is 1.13. The van der Waals surface area contributed by atoms with Gasteiger partial charge in [-0.05, 0) is 20.3 Å². The van der Waals surface area contributed by atoms with Gasteiger partial charge < -0.3 is 10.1 Å². The molecule has 0 radical (unpaired) electrons. The van der Waals surface area contributed by atoms with E-state index >= 15 is 0 Å². The third-order valence-electron chi connectivity index (χ3n) is 2.11. The predicted octanol–water partition coefficient (Wildman–Crippen LogP) is 2.35. The third kappa shape index (κ3) is 3.98. The van der Waals surface area contributed by atoms with Crippen molar-refractivity contribution in [1.29, 1.82) is 0 Å². The smallest absolute Gasteiger partial charge is 0.133 e. The van der Waals surface area contributed by atoms with Gasteiger partial charge in [-0.15, -0.1) is 11.8 Å². The zero-order chi connectivity index (χ0) is 11.8. The number of nitrogens with one attached hydrogen (secondary N) is 1. The monoisotopic (exact) mass is 241 g/mol. The van der Waals surface area contributed by atoms with Crippen LogP contribution in [0.5, 0.6) is 0 Å². The number of rotatable bonds is 7. The Hall–Kier alpha value is -0.810. The Bertz CT molecular complexity index is 320. The van der Waals surface area contributed by atoms with Crippen molar-refractivity contribution in [2.45, 2.75) is 25.3 Å². The predicted molar refractivity (Wildman–Crippen MR) is 68.1 cm³/mol. The Labute approximate surface area is 101 Å². The fraction of sp³-hybridized carbons (Fsp3) is 0.636. The molecule has 1 aromatic heterocycles. The lowest BCUT2D eigenvalue weighted by atomic mass is 10.3. The molecule has 1 rings (SSSR count). The van der Waals surface area contributed by atoms with E-state index in [0.717, 1.165) is 41.7 Å². The lowest BCUT2D eigenvalue weighted by Gasteiger charge is -2.09. The molecule has 4 nitrogen and oxygen atoms in total. The van der Waals surface area contributed by atoms with Crippen molar-refractivity contribution in [3.05, 3.63) is 11.9 Å². The standard InChI is InChI=1S/C11H19N3OS/c1-4-12-10-9(2)11(14-8-13-10)16-7-5-6-15-3/h8H,4-7H2,1-3H3,(H,12,13,14). The number of ether oxygens (including phenoxy) is 1. The summed E-state index contributed by atoms with van der Waals surface area (Å²) in [6.07, 6.45) is 2.66. The summed E-state index contributed by atoms with van der Waals surface area (Å²) >= 11 is 1.76. The van der Waals surface area contributed by atoms with Crippen LogP contribution in [-0.2, 0) is 4.74 Å². The SMILES string of the molecule is CCNc1ncnc(SCCCOC)c1C. The second-order valence-corrected chi connectivity index (χ2v) is 4.46. The molecule has 0 aromatic carbocycles. The molecule has 5 heteroatoms. The Balaban J connectivity index is 2.55. The molecule has 90 valence electrons. The van der Waals surface area contributed by atoms with Crippen LogP contribution in [0.2, 0.25) is 0 Å². The molecule has 0 atom stereocenters. The molecular weight excluding hydrogens is 222 g/mol. The molecule has 16 heavy (non-hydrogen) atoms. The maximum atomic E-state index is 5.01. The Morgan fingerprint density at radius 3 is 2.94 bits per heavy atom. The normalized spacial score (nSPS) is 10.4. The molecule has 0 bridgehead atoms. The molecule has 1 N–H and O–H groups in total. The maximum Gasteiger partial charge on any atom is 0.133 e. The van der Waals surface area contributed by atoms with Crippen molar-refractivity contribution in [3.8, 4) is 0 Å². The molecule has 0 fully saturated rings. The molecule has 0 amide bonds. The van der Waals surface area contributed by atoms with Crippen molar-refractivity contribution < 1.29 is 4.74 Å². The maximum absolute atomic E-state index is 5.01. The van der Waals surface area contributed by atoms with Gasteiger partial charge in [-0.3, -0.25) is 0 Å². The molecular formula is C11H19N3OS. The second kappa shape index (κ2) is 7.46. The molecule has 0 spiro atoms. The molecule has 0 aliphatic carbocycles. The number of thioether (sulfide) groups is 1. The number of hydrogen-bond acceptors (Lipinski definition) is 5. The van der Waals surface area contributed by atoms with Gasteiger partial charge in [0.05, 0.1) is 0 Å². The lowest BCUT2D eigenvalue weighted by molar-refractivity contribution is 0.200. The van der Waals surface area contributed by atoms with Crippen LogP contribution >= 0.6 is 11.8 Å². The average Bonchev–Trinajstić information content (AvgIpc) is 2.29. The number of aromatic nitrogens is 2. The van der Waals surface area contributed by atoms with Crippen molar-refractivity contribution in [1.82, 2.24) is 9.97 Å². The van der Waals surface area contributed by atoms with Crippen LogP contribution in [0.25, 0.3) is 0 Å². The number of methoxy groups -OCH3 is 1. The van der Waals surface area contributed by atoms with E-state index in [-0.39, 0.29) is 0 Å². The van der Waals surface area contributed by atoms with Gasteiger partial charge in [-0.2, -0.15) is 0 Å². The van der Waals surface area contributed by atoms with Gasteiger partial charge in [0.2, 0.25) is 0 Å². The summed E-state index contributed by atoms with van der Waals surface area (Å²) in [7, 11) is 1.73. The van der Waals surface area contributed by atoms with Crippen LogP contribution in [0, 0.1) is 6.92 Å².